The number of halogens is 1. The average molecular weight is 259 g/mol. The van der Waals surface area contributed by atoms with E-state index in [1.54, 1.807) is 23.5 Å². The Balaban J connectivity index is 2.50. The van der Waals surface area contributed by atoms with Gasteiger partial charge >= 0.3 is 0 Å². The molecule has 1 aromatic heterocycles. The summed E-state index contributed by atoms with van der Waals surface area (Å²) < 4.78 is 12.9. The van der Waals surface area contributed by atoms with Crippen molar-refractivity contribution in [3.05, 3.63) is 58.7 Å². The third-order valence-electron chi connectivity index (χ3n) is 2.51. The standard InChI is InChI=1S/C15H14FNS/c1-4-5-10(2)15-14(17-11(3)18-15)12-6-8-13(16)9-7-12/h4-9H,2H2,1,3H3/b5-4-. The van der Waals surface area contributed by atoms with Crippen LogP contribution in [-0.4, -0.2) is 4.98 Å². The molecule has 92 valence electrons. The topological polar surface area (TPSA) is 12.9 Å². The predicted molar refractivity (Wildman–Crippen MR) is 76.1 cm³/mol. The molecule has 1 aromatic carbocycles. The molecule has 0 saturated carbocycles. The Morgan fingerprint density at radius 1 is 1.33 bits per heavy atom. The highest BCUT2D eigenvalue weighted by molar-refractivity contribution is 7.13. The first-order valence-electron chi connectivity index (χ1n) is 5.67. The minimum Gasteiger partial charge on any atom is -0.241 e. The van der Waals surface area contributed by atoms with E-state index in [-0.39, 0.29) is 5.82 Å². The SMILES string of the molecule is C=C(/C=C\C)c1sc(C)nc1-c1ccc(F)cc1. The van der Waals surface area contributed by atoms with Gasteiger partial charge in [-0.1, -0.05) is 18.7 Å². The summed E-state index contributed by atoms with van der Waals surface area (Å²) in [6.07, 6.45) is 3.91. The molecule has 0 aliphatic heterocycles. The molecular formula is C15H14FNS. The van der Waals surface area contributed by atoms with Crippen LogP contribution < -0.4 is 0 Å². The molecule has 0 spiro atoms. The van der Waals surface area contributed by atoms with Crippen LogP contribution in [-0.2, 0) is 0 Å². The maximum atomic E-state index is 12.9. The molecule has 0 saturated heterocycles. The second-order valence-electron chi connectivity index (χ2n) is 3.94. The average Bonchev–Trinajstić information content (AvgIpc) is 2.73. The lowest BCUT2D eigenvalue weighted by atomic mass is 10.1. The summed E-state index contributed by atoms with van der Waals surface area (Å²) in [6, 6.07) is 6.39. The minimum absolute atomic E-state index is 0.237. The number of hydrogen-bond donors (Lipinski definition) is 0. The van der Waals surface area contributed by atoms with Crippen LogP contribution in [0.15, 0.2) is 43.0 Å². The zero-order valence-corrected chi connectivity index (χ0v) is 11.2. The second kappa shape index (κ2) is 5.27. The molecule has 0 radical (unpaired) electrons. The Labute approximate surface area is 110 Å². The number of allylic oxidation sites excluding steroid dienone is 3. The first-order valence-corrected chi connectivity index (χ1v) is 6.49. The fraction of sp³-hybridized carbons (Fsp3) is 0.133. The maximum Gasteiger partial charge on any atom is 0.123 e. The zero-order chi connectivity index (χ0) is 13.1. The van der Waals surface area contributed by atoms with Gasteiger partial charge in [-0.15, -0.1) is 11.3 Å². The van der Waals surface area contributed by atoms with Crippen molar-refractivity contribution < 1.29 is 4.39 Å². The van der Waals surface area contributed by atoms with Crippen LogP contribution in [0.3, 0.4) is 0 Å². The van der Waals surface area contributed by atoms with Gasteiger partial charge in [0.1, 0.15) is 5.82 Å². The van der Waals surface area contributed by atoms with Gasteiger partial charge in [0.2, 0.25) is 0 Å². The van der Waals surface area contributed by atoms with Gasteiger partial charge in [0.25, 0.3) is 0 Å². The Bertz CT molecular complexity index is 593. The van der Waals surface area contributed by atoms with Crippen LogP contribution in [0.5, 0.6) is 0 Å². The molecule has 0 unspecified atom stereocenters. The number of aryl methyl sites for hydroxylation is 1. The van der Waals surface area contributed by atoms with Gasteiger partial charge in [-0.05, 0) is 43.7 Å². The van der Waals surface area contributed by atoms with E-state index in [4.69, 9.17) is 0 Å². The van der Waals surface area contributed by atoms with E-state index in [0.717, 1.165) is 26.7 Å². The summed E-state index contributed by atoms with van der Waals surface area (Å²) in [6.45, 7) is 7.96. The summed E-state index contributed by atoms with van der Waals surface area (Å²) in [7, 11) is 0. The number of aromatic nitrogens is 1. The first-order chi connectivity index (χ1) is 8.61. The normalized spacial score (nSPS) is 11.1. The van der Waals surface area contributed by atoms with Gasteiger partial charge < -0.3 is 0 Å². The van der Waals surface area contributed by atoms with E-state index >= 15 is 0 Å². The summed E-state index contributed by atoms with van der Waals surface area (Å²) >= 11 is 1.61. The molecule has 1 nitrogen and oxygen atoms in total. The highest BCUT2D eigenvalue weighted by Gasteiger charge is 2.12. The van der Waals surface area contributed by atoms with E-state index in [1.165, 1.54) is 12.1 Å². The van der Waals surface area contributed by atoms with Crippen LogP contribution in [0.4, 0.5) is 4.39 Å². The van der Waals surface area contributed by atoms with Gasteiger partial charge in [0.15, 0.2) is 0 Å². The molecular weight excluding hydrogens is 245 g/mol. The van der Waals surface area contributed by atoms with Crippen molar-refractivity contribution >= 4 is 16.9 Å². The smallest absolute Gasteiger partial charge is 0.123 e. The Morgan fingerprint density at radius 2 is 2.00 bits per heavy atom. The lowest BCUT2D eigenvalue weighted by Gasteiger charge is -2.02. The molecule has 0 fully saturated rings. The second-order valence-corrected chi connectivity index (χ2v) is 5.15. The van der Waals surface area contributed by atoms with E-state index in [2.05, 4.69) is 11.6 Å². The Morgan fingerprint density at radius 3 is 2.61 bits per heavy atom. The summed E-state index contributed by atoms with van der Waals surface area (Å²) in [5.74, 6) is -0.237. The molecule has 0 aliphatic carbocycles. The van der Waals surface area contributed by atoms with Crippen molar-refractivity contribution in [3.8, 4) is 11.3 Å². The van der Waals surface area contributed by atoms with E-state index < -0.39 is 0 Å². The quantitative estimate of drug-likeness (QED) is 0.718. The van der Waals surface area contributed by atoms with Crippen LogP contribution in [0.1, 0.15) is 16.8 Å². The number of hydrogen-bond acceptors (Lipinski definition) is 2. The summed E-state index contributed by atoms with van der Waals surface area (Å²) in [4.78, 5) is 5.55. The predicted octanol–water partition coefficient (Wildman–Crippen LogP) is 4.85. The molecule has 18 heavy (non-hydrogen) atoms. The summed E-state index contributed by atoms with van der Waals surface area (Å²) in [5, 5.41) is 0.981. The lowest BCUT2D eigenvalue weighted by molar-refractivity contribution is 0.628. The molecule has 0 bridgehead atoms. The third-order valence-corrected chi connectivity index (χ3v) is 3.56. The van der Waals surface area contributed by atoms with Crippen LogP contribution >= 0.6 is 11.3 Å². The zero-order valence-electron chi connectivity index (χ0n) is 10.4. The van der Waals surface area contributed by atoms with Gasteiger partial charge in [-0.3, -0.25) is 0 Å². The molecule has 0 amide bonds. The summed E-state index contributed by atoms with van der Waals surface area (Å²) in [5.41, 5.74) is 2.73. The van der Waals surface area contributed by atoms with E-state index in [0.29, 0.717) is 0 Å². The molecule has 2 aromatic rings. The number of nitrogens with zero attached hydrogens (tertiary/aromatic N) is 1. The fourth-order valence-electron chi connectivity index (χ4n) is 1.72. The number of rotatable bonds is 3. The van der Waals surface area contributed by atoms with E-state index in [9.17, 15) is 4.39 Å². The van der Waals surface area contributed by atoms with Crippen molar-refractivity contribution in [3.63, 3.8) is 0 Å². The first kappa shape index (κ1) is 12.7. The van der Waals surface area contributed by atoms with Crippen molar-refractivity contribution in [2.75, 3.05) is 0 Å². The minimum atomic E-state index is -0.237. The van der Waals surface area contributed by atoms with Crippen molar-refractivity contribution in [2.45, 2.75) is 13.8 Å². The van der Waals surface area contributed by atoms with Crippen molar-refractivity contribution in [2.24, 2.45) is 0 Å². The van der Waals surface area contributed by atoms with Gasteiger partial charge in [-0.25, -0.2) is 9.37 Å². The molecule has 2 rings (SSSR count). The molecule has 0 N–H and O–H groups in total. The highest BCUT2D eigenvalue weighted by atomic mass is 32.1. The van der Waals surface area contributed by atoms with Crippen LogP contribution in [0, 0.1) is 12.7 Å². The van der Waals surface area contributed by atoms with Gasteiger partial charge in [0.05, 0.1) is 15.6 Å². The number of thiazole rings is 1. The Kier molecular flexibility index (Phi) is 3.72. The number of benzene rings is 1. The van der Waals surface area contributed by atoms with Gasteiger partial charge in [-0.2, -0.15) is 0 Å². The maximum absolute atomic E-state index is 12.9. The molecule has 3 heteroatoms. The largest absolute Gasteiger partial charge is 0.241 e. The Hall–Kier alpha value is -1.74. The molecule has 1 heterocycles. The van der Waals surface area contributed by atoms with Crippen molar-refractivity contribution in [1.82, 2.24) is 4.98 Å². The van der Waals surface area contributed by atoms with Crippen molar-refractivity contribution in [1.29, 1.82) is 0 Å². The van der Waals surface area contributed by atoms with Gasteiger partial charge in [0, 0.05) is 5.56 Å². The monoisotopic (exact) mass is 259 g/mol. The van der Waals surface area contributed by atoms with E-state index in [1.807, 2.05) is 26.0 Å². The lowest BCUT2D eigenvalue weighted by Crippen LogP contribution is -1.84. The fourth-order valence-corrected chi connectivity index (χ4v) is 2.62. The van der Waals surface area contributed by atoms with Crippen LogP contribution in [0.25, 0.3) is 16.8 Å². The molecule has 0 aliphatic rings. The third kappa shape index (κ3) is 2.57. The van der Waals surface area contributed by atoms with Crippen LogP contribution in [0.2, 0.25) is 0 Å². The highest BCUT2D eigenvalue weighted by Crippen LogP contribution is 2.33. The molecule has 0 atom stereocenters.